The number of aromatic hydroxyl groups is 1. The molecular weight excluding hydrogens is 268 g/mol. The summed E-state index contributed by atoms with van der Waals surface area (Å²) in [6.45, 7) is 0.830. The monoisotopic (exact) mass is 280 g/mol. The van der Waals surface area contributed by atoms with Gasteiger partial charge in [-0.2, -0.15) is 0 Å². The summed E-state index contributed by atoms with van der Waals surface area (Å²) < 4.78 is 0.537. The maximum absolute atomic E-state index is 12.0. The number of nitrogens with zero attached hydrogens (tertiary/aromatic N) is 1. The van der Waals surface area contributed by atoms with Gasteiger partial charge >= 0.3 is 0 Å². The Morgan fingerprint density at radius 3 is 2.67 bits per heavy atom. The van der Waals surface area contributed by atoms with Gasteiger partial charge in [0.1, 0.15) is 10.1 Å². The lowest BCUT2D eigenvalue weighted by Crippen LogP contribution is -2.32. The van der Waals surface area contributed by atoms with E-state index in [9.17, 15) is 9.90 Å². The van der Waals surface area contributed by atoms with E-state index in [1.807, 2.05) is 0 Å². The first-order valence-electron chi connectivity index (χ1n) is 5.36. The fourth-order valence-electron chi connectivity index (χ4n) is 1.54. The van der Waals surface area contributed by atoms with Crippen LogP contribution in [0.3, 0.4) is 0 Å². The number of amides is 1. The Morgan fingerprint density at radius 1 is 1.39 bits per heavy atom. The zero-order valence-corrected chi connectivity index (χ0v) is 11.1. The van der Waals surface area contributed by atoms with Gasteiger partial charge in [0.05, 0.1) is 4.91 Å². The fraction of sp³-hybridized carbons (Fsp3) is 0.167. The number of thioether (sulfide) groups is 1. The van der Waals surface area contributed by atoms with E-state index in [1.165, 1.54) is 16.7 Å². The first-order valence-corrected chi connectivity index (χ1v) is 6.59. The van der Waals surface area contributed by atoms with Gasteiger partial charge in [-0.25, -0.2) is 0 Å². The molecule has 0 radical (unpaired) electrons. The van der Waals surface area contributed by atoms with E-state index in [0.717, 1.165) is 5.56 Å². The molecular formula is C12H12N2O2S2. The van der Waals surface area contributed by atoms with E-state index in [4.69, 9.17) is 18.0 Å². The Bertz CT molecular complexity index is 511. The van der Waals surface area contributed by atoms with Crippen LogP contribution in [0.1, 0.15) is 5.56 Å². The van der Waals surface area contributed by atoms with E-state index in [1.54, 1.807) is 30.3 Å². The molecule has 1 fully saturated rings. The molecule has 1 aliphatic rings. The molecule has 0 bridgehead atoms. The number of carbonyl (C=O) groups excluding carboxylic acids is 1. The Morgan fingerprint density at radius 2 is 2.06 bits per heavy atom. The number of phenols is 1. The van der Waals surface area contributed by atoms with Crippen molar-refractivity contribution in [1.82, 2.24) is 4.90 Å². The number of nitrogens with two attached hydrogens (primary N) is 1. The van der Waals surface area contributed by atoms with Crippen LogP contribution in [0.25, 0.3) is 6.08 Å². The van der Waals surface area contributed by atoms with Crippen LogP contribution in [0.15, 0.2) is 29.2 Å². The van der Waals surface area contributed by atoms with E-state index in [0.29, 0.717) is 22.3 Å². The molecule has 2 rings (SSSR count). The third-order valence-corrected chi connectivity index (χ3v) is 3.79. The summed E-state index contributed by atoms with van der Waals surface area (Å²) in [5, 5.41) is 9.19. The minimum Gasteiger partial charge on any atom is -0.508 e. The lowest BCUT2D eigenvalue weighted by atomic mass is 10.2. The molecule has 1 aliphatic heterocycles. The summed E-state index contributed by atoms with van der Waals surface area (Å²) in [7, 11) is 0. The second-order valence-corrected chi connectivity index (χ2v) is 5.39. The molecule has 4 nitrogen and oxygen atoms in total. The van der Waals surface area contributed by atoms with Crippen molar-refractivity contribution in [2.75, 3.05) is 13.1 Å². The first kappa shape index (κ1) is 13.1. The molecule has 0 saturated carbocycles. The lowest BCUT2D eigenvalue weighted by Gasteiger charge is -2.11. The lowest BCUT2D eigenvalue weighted by molar-refractivity contribution is -0.122. The third-order valence-electron chi connectivity index (χ3n) is 2.42. The van der Waals surface area contributed by atoms with E-state index < -0.39 is 0 Å². The minimum atomic E-state index is -0.108. The van der Waals surface area contributed by atoms with Gasteiger partial charge in [0.15, 0.2) is 0 Å². The minimum absolute atomic E-state index is 0.108. The number of thiocarbonyl (C=S) groups is 1. The Kier molecular flexibility index (Phi) is 4.00. The summed E-state index contributed by atoms with van der Waals surface area (Å²) in [4.78, 5) is 14.1. The first-order chi connectivity index (χ1) is 8.61. The summed E-state index contributed by atoms with van der Waals surface area (Å²) in [6, 6.07) is 6.63. The highest BCUT2D eigenvalue weighted by Gasteiger charge is 2.31. The highest BCUT2D eigenvalue weighted by molar-refractivity contribution is 8.26. The van der Waals surface area contributed by atoms with E-state index in [-0.39, 0.29) is 11.7 Å². The van der Waals surface area contributed by atoms with Crippen molar-refractivity contribution >= 4 is 40.3 Å². The second-order valence-electron chi connectivity index (χ2n) is 3.71. The van der Waals surface area contributed by atoms with Crippen LogP contribution >= 0.6 is 24.0 Å². The van der Waals surface area contributed by atoms with Gasteiger partial charge in [-0.3, -0.25) is 9.69 Å². The van der Waals surface area contributed by atoms with Crippen molar-refractivity contribution in [3.63, 3.8) is 0 Å². The van der Waals surface area contributed by atoms with E-state index >= 15 is 0 Å². The van der Waals surface area contributed by atoms with E-state index in [2.05, 4.69) is 0 Å². The summed E-state index contributed by atoms with van der Waals surface area (Å²) in [6.07, 6.45) is 1.76. The third kappa shape index (κ3) is 2.72. The molecule has 1 amide bonds. The standard InChI is InChI=1S/C12H12N2O2S2/c13-5-6-14-11(16)10(18-12(14)17)7-8-1-3-9(15)4-2-8/h1-4,7,15H,5-6,13H2/b10-7+. The van der Waals surface area contributed by atoms with Crippen LogP contribution in [-0.4, -0.2) is 33.3 Å². The molecule has 0 aromatic heterocycles. The van der Waals surface area contributed by atoms with Gasteiger partial charge in [0, 0.05) is 13.1 Å². The predicted octanol–water partition coefficient (Wildman–Crippen LogP) is 1.55. The number of phenolic OH excluding ortho intramolecular Hbond substituents is 1. The topological polar surface area (TPSA) is 66.6 Å². The number of carbonyl (C=O) groups is 1. The van der Waals surface area contributed by atoms with Crippen LogP contribution in [-0.2, 0) is 4.79 Å². The maximum atomic E-state index is 12.0. The quantitative estimate of drug-likeness (QED) is 0.649. The molecule has 3 N–H and O–H groups in total. The van der Waals surface area contributed by atoms with Gasteiger partial charge in [0.25, 0.3) is 5.91 Å². The largest absolute Gasteiger partial charge is 0.508 e. The Labute approximate surface area is 114 Å². The molecule has 1 aromatic carbocycles. The van der Waals surface area contributed by atoms with Crippen LogP contribution in [0.5, 0.6) is 5.75 Å². The molecule has 1 heterocycles. The smallest absolute Gasteiger partial charge is 0.266 e. The number of hydrogen-bond acceptors (Lipinski definition) is 5. The second kappa shape index (κ2) is 5.51. The van der Waals surface area contributed by atoms with Crippen molar-refractivity contribution in [3.05, 3.63) is 34.7 Å². The summed E-state index contributed by atoms with van der Waals surface area (Å²) >= 11 is 6.40. The predicted molar refractivity (Wildman–Crippen MR) is 77.0 cm³/mol. The zero-order valence-electron chi connectivity index (χ0n) is 9.50. The van der Waals surface area contributed by atoms with Crippen molar-refractivity contribution in [3.8, 4) is 5.75 Å². The molecule has 1 saturated heterocycles. The zero-order chi connectivity index (χ0) is 13.1. The average molecular weight is 280 g/mol. The van der Waals surface area contributed by atoms with Gasteiger partial charge < -0.3 is 10.8 Å². The number of rotatable bonds is 3. The molecule has 1 aromatic rings. The van der Waals surface area contributed by atoms with Crippen molar-refractivity contribution in [1.29, 1.82) is 0 Å². The Hall–Kier alpha value is -1.37. The highest BCUT2D eigenvalue weighted by Crippen LogP contribution is 2.32. The number of hydrogen-bond donors (Lipinski definition) is 2. The Balaban J connectivity index is 2.22. The molecule has 0 aliphatic carbocycles. The molecule has 0 atom stereocenters. The van der Waals surface area contributed by atoms with Gasteiger partial charge in [-0.15, -0.1) is 0 Å². The normalized spacial score (nSPS) is 17.8. The fourth-order valence-corrected chi connectivity index (χ4v) is 2.85. The van der Waals surface area contributed by atoms with Gasteiger partial charge in [0.2, 0.25) is 0 Å². The summed E-state index contributed by atoms with van der Waals surface area (Å²) in [5.74, 6) is 0.0892. The molecule has 0 spiro atoms. The van der Waals surface area contributed by atoms with Crippen LogP contribution < -0.4 is 5.73 Å². The summed E-state index contributed by atoms with van der Waals surface area (Å²) in [5.41, 5.74) is 6.29. The van der Waals surface area contributed by atoms with Crippen molar-refractivity contribution < 1.29 is 9.90 Å². The van der Waals surface area contributed by atoms with Crippen molar-refractivity contribution in [2.24, 2.45) is 5.73 Å². The maximum Gasteiger partial charge on any atom is 0.266 e. The van der Waals surface area contributed by atoms with Crippen LogP contribution in [0.4, 0.5) is 0 Å². The SMILES string of the molecule is NCCN1C(=O)/C(=C\c2ccc(O)cc2)SC1=S. The van der Waals surface area contributed by atoms with Gasteiger partial charge in [-0.05, 0) is 23.8 Å². The van der Waals surface area contributed by atoms with Gasteiger partial charge in [-0.1, -0.05) is 36.1 Å². The molecule has 0 unspecified atom stereocenters. The molecule has 6 heteroatoms. The van der Waals surface area contributed by atoms with Crippen molar-refractivity contribution in [2.45, 2.75) is 0 Å². The van der Waals surface area contributed by atoms with Crippen LogP contribution in [0.2, 0.25) is 0 Å². The molecule has 94 valence electrons. The highest BCUT2D eigenvalue weighted by atomic mass is 32.2. The number of benzene rings is 1. The average Bonchev–Trinajstić information content (AvgIpc) is 2.60. The van der Waals surface area contributed by atoms with Crippen LogP contribution in [0, 0.1) is 0 Å². The molecule has 18 heavy (non-hydrogen) atoms.